The Morgan fingerprint density at radius 3 is 2.72 bits per heavy atom. The van der Waals surface area contributed by atoms with E-state index in [2.05, 4.69) is 36.7 Å². The van der Waals surface area contributed by atoms with Gasteiger partial charge in [0.1, 0.15) is 0 Å². The highest BCUT2D eigenvalue weighted by atomic mass is 79.9. The largest absolute Gasteiger partial charge is 0.419 e. The molecular formula is C14H18BrNO2. The molecule has 0 saturated carbocycles. The third kappa shape index (κ3) is 2.14. The van der Waals surface area contributed by atoms with E-state index in [9.17, 15) is 4.79 Å². The molecule has 1 aromatic carbocycles. The van der Waals surface area contributed by atoms with Gasteiger partial charge in [0.05, 0.1) is 5.52 Å². The number of fused-ring (bicyclic) bond motifs is 1. The molecule has 2 aromatic rings. The van der Waals surface area contributed by atoms with Gasteiger partial charge in [-0.2, -0.15) is 0 Å². The van der Waals surface area contributed by atoms with E-state index in [-0.39, 0.29) is 16.0 Å². The van der Waals surface area contributed by atoms with Crippen molar-refractivity contribution >= 4 is 27.0 Å². The zero-order valence-electron chi connectivity index (χ0n) is 11.2. The molecule has 1 atom stereocenters. The van der Waals surface area contributed by atoms with E-state index in [1.807, 2.05) is 18.2 Å². The van der Waals surface area contributed by atoms with Crippen LogP contribution in [0.4, 0.5) is 0 Å². The Hall–Kier alpha value is -1.03. The summed E-state index contributed by atoms with van der Waals surface area (Å²) < 4.78 is 6.74. The van der Waals surface area contributed by atoms with Crippen LogP contribution in [-0.2, 0) is 7.05 Å². The maximum absolute atomic E-state index is 11.5. The number of hydrogen-bond acceptors (Lipinski definition) is 2. The van der Waals surface area contributed by atoms with Gasteiger partial charge in [0.15, 0.2) is 5.58 Å². The summed E-state index contributed by atoms with van der Waals surface area (Å²) in [6.07, 6.45) is 1.07. The molecule has 0 N–H and O–H groups in total. The Morgan fingerprint density at radius 2 is 2.11 bits per heavy atom. The number of halogens is 1. The van der Waals surface area contributed by atoms with Crippen LogP contribution in [0.25, 0.3) is 11.1 Å². The summed E-state index contributed by atoms with van der Waals surface area (Å²) >= 11 is 3.75. The summed E-state index contributed by atoms with van der Waals surface area (Å²) in [5.74, 6) is -0.317. The standard InChI is InChI=1S/C14H18BrNO2/c1-5-14(2,3)12(15)9-6-7-10-11(8-9)18-13(17)16(10)4/h6-8,12H,5H2,1-4H3. The van der Waals surface area contributed by atoms with Crippen molar-refractivity contribution in [3.05, 3.63) is 34.3 Å². The third-order valence-electron chi connectivity index (χ3n) is 3.71. The van der Waals surface area contributed by atoms with Gasteiger partial charge in [-0.15, -0.1) is 0 Å². The third-order valence-corrected chi connectivity index (χ3v) is 5.47. The van der Waals surface area contributed by atoms with E-state index in [0.29, 0.717) is 5.58 Å². The highest BCUT2D eigenvalue weighted by molar-refractivity contribution is 9.09. The van der Waals surface area contributed by atoms with E-state index in [1.54, 1.807) is 7.05 Å². The molecule has 1 unspecified atom stereocenters. The van der Waals surface area contributed by atoms with E-state index in [4.69, 9.17) is 4.42 Å². The summed E-state index contributed by atoms with van der Waals surface area (Å²) in [5, 5.41) is 0. The lowest BCUT2D eigenvalue weighted by Crippen LogP contribution is -2.16. The molecule has 0 bridgehead atoms. The fourth-order valence-corrected chi connectivity index (χ4v) is 2.55. The van der Waals surface area contributed by atoms with Crippen molar-refractivity contribution in [3.8, 4) is 0 Å². The Morgan fingerprint density at radius 1 is 1.44 bits per heavy atom. The van der Waals surface area contributed by atoms with Crippen molar-refractivity contribution in [1.82, 2.24) is 4.57 Å². The van der Waals surface area contributed by atoms with Crippen LogP contribution in [0.1, 0.15) is 37.6 Å². The minimum Gasteiger partial charge on any atom is -0.408 e. The number of alkyl halides is 1. The van der Waals surface area contributed by atoms with Crippen LogP contribution < -0.4 is 5.76 Å². The lowest BCUT2D eigenvalue weighted by Gasteiger charge is -2.29. The number of aromatic nitrogens is 1. The first-order valence-corrected chi connectivity index (χ1v) is 7.02. The van der Waals surface area contributed by atoms with Crippen molar-refractivity contribution in [3.63, 3.8) is 0 Å². The fourth-order valence-electron chi connectivity index (χ4n) is 1.94. The minimum atomic E-state index is -0.317. The van der Waals surface area contributed by atoms with Crippen molar-refractivity contribution in [2.45, 2.75) is 32.0 Å². The van der Waals surface area contributed by atoms with Gasteiger partial charge in [-0.1, -0.05) is 42.8 Å². The van der Waals surface area contributed by atoms with Gasteiger partial charge in [-0.3, -0.25) is 4.57 Å². The molecule has 0 amide bonds. The van der Waals surface area contributed by atoms with E-state index in [0.717, 1.165) is 17.5 Å². The quantitative estimate of drug-likeness (QED) is 0.803. The maximum atomic E-state index is 11.5. The molecule has 0 aliphatic carbocycles. The summed E-state index contributed by atoms with van der Waals surface area (Å²) in [6.45, 7) is 6.62. The fraction of sp³-hybridized carbons (Fsp3) is 0.500. The topological polar surface area (TPSA) is 35.1 Å². The second kappa shape index (κ2) is 4.57. The minimum absolute atomic E-state index is 0.156. The van der Waals surface area contributed by atoms with Crippen LogP contribution in [-0.4, -0.2) is 4.57 Å². The summed E-state index contributed by atoms with van der Waals surface area (Å²) in [6, 6.07) is 5.94. The highest BCUT2D eigenvalue weighted by Crippen LogP contribution is 2.43. The van der Waals surface area contributed by atoms with Crippen molar-refractivity contribution < 1.29 is 4.42 Å². The molecule has 0 radical (unpaired) electrons. The van der Waals surface area contributed by atoms with E-state index in [1.165, 1.54) is 4.57 Å². The molecule has 1 aromatic heterocycles. The summed E-state index contributed by atoms with van der Waals surface area (Å²) in [5.41, 5.74) is 2.78. The number of aryl methyl sites for hydroxylation is 1. The number of benzene rings is 1. The average Bonchev–Trinajstić information content (AvgIpc) is 2.63. The average molecular weight is 312 g/mol. The van der Waals surface area contributed by atoms with Gasteiger partial charge in [-0.05, 0) is 29.5 Å². The van der Waals surface area contributed by atoms with Crippen molar-refractivity contribution in [1.29, 1.82) is 0 Å². The normalized spacial score (nSPS) is 14.1. The van der Waals surface area contributed by atoms with E-state index < -0.39 is 0 Å². The lowest BCUT2D eigenvalue weighted by molar-refractivity contribution is 0.346. The van der Waals surface area contributed by atoms with Crippen LogP contribution in [0.5, 0.6) is 0 Å². The maximum Gasteiger partial charge on any atom is 0.419 e. The highest BCUT2D eigenvalue weighted by Gasteiger charge is 2.27. The monoisotopic (exact) mass is 311 g/mol. The molecule has 2 rings (SSSR count). The van der Waals surface area contributed by atoms with Gasteiger partial charge < -0.3 is 4.42 Å². The molecule has 0 spiro atoms. The second-order valence-corrected chi connectivity index (χ2v) is 6.27. The SMILES string of the molecule is CCC(C)(C)C(Br)c1ccc2c(c1)oc(=O)n2C. The van der Waals surface area contributed by atoms with Crippen LogP contribution in [0.15, 0.2) is 27.4 Å². The molecule has 4 heteroatoms. The van der Waals surface area contributed by atoms with Gasteiger partial charge in [-0.25, -0.2) is 4.79 Å². The smallest absolute Gasteiger partial charge is 0.408 e. The van der Waals surface area contributed by atoms with Gasteiger partial charge in [0.25, 0.3) is 0 Å². The lowest BCUT2D eigenvalue weighted by atomic mass is 9.83. The van der Waals surface area contributed by atoms with Crippen LogP contribution in [0.2, 0.25) is 0 Å². The zero-order valence-corrected chi connectivity index (χ0v) is 12.7. The van der Waals surface area contributed by atoms with Crippen LogP contribution >= 0.6 is 15.9 Å². The van der Waals surface area contributed by atoms with Gasteiger partial charge in [0.2, 0.25) is 0 Å². The molecule has 0 fully saturated rings. The molecule has 1 heterocycles. The van der Waals surface area contributed by atoms with Gasteiger partial charge >= 0.3 is 5.76 Å². The van der Waals surface area contributed by atoms with Crippen molar-refractivity contribution in [2.75, 3.05) is 0 Å². The Kier molecular flexibility index (Phi) is 3.41. The van der Waals surface area contributed by atoms with Gasteiger partial charge in [0, 0.05) is 11.9 Å². The summed E-state index contributed by atoms with van der Waals surface area (Å²) in [7, 11) is 1.72. The van der Waals surface area contributed by atoms with E-state index >= 15 is 0 Å². The first-order valence-electron chi connectivity index (χ1n) is 6.10. The van der Waals surface area contributed by atoms with Crippen molar-refractivity contribution in [2.24, 2.45) is 12.5 Å². The van der Waals surface area contributed by atoms with Crippen LogP contribution in [0, 0.1) is 5.41 Å². The molecule has 3 nitrogen and oxygen atoms in total. The molecule has 0 aliphatic rings. The number of nitrogens with zero attached hydrogens (tertiary/aromatic N) is 1. The Labute approximate surface area is 115 Å². The van der Waals surface area contributed by atoms with Crippen LogP contribution in [0.3, 0.4) is 0 Å². The molecule has 0 saturated heterocycles. The first-order chi connectivity index (χ1) is 8.36. The second-order valence-electron chi connectivity index (χ2n) is 5.36. The predicted molar refractivity (Wildman–Crippen MR) is 77.2 cm³/mol. The predicted octanol–water partition coefficient (Wildman–Crippen LogP) is 4.00. The molecule has 98 valence electrons. The molecule has 18 heavy (non-hydrogen) atoms. The number of oxazole rings is 1. The number of hydrogen-bond donors (Lipinski definition) is 0. The number of rotatable bonds is 3. The summed E-state index contributed by atoms with van der Waals surface area (Å²) in [4.78, 5) is 11.7. The Bertz CT molecular complexity index is 624. The zero-order chi connectivity index (χ0) is 13.5. The first kappa shape index (κ1) is 13.4. The molecular weight excluding hydrogens is 294 g/mol. The molecule has 0 aliphatic heterocycles. The Balaban J connectivity index is 2.51.